The summed E-state index contributed by atoms with van der Waals surface area (Å²) in [6.07, 6.45) is 3.55. The van der Waals surface area contributed by atoms with E-state index in [4.69, 9.17) is 10.7 Å². The average molecular weight is 466 g/mol. The van der Waals surface area contributed by atoms with Gasteiger partial charge in [-0.05, 0) is 28.1 Å². The minimum Gasteiger partial charge on any atom is -0.382 e. The zero-order valence-electron chi connectivity index (χ0n) is 15.9. The number of rotatable bonds is 4. The minimum absolute atomic E-state index is 0.178. The molecule has 0 saturated heterocycles. The molecule has 0 unspecified atom stereocenters. The van der Waals surface area contributed by atoms with E-state index in [1.54, 1.807) is 22.6 Å². The minimum atomic E-state index is -0.178. The fraction of sp³-hybridized carbons (Fsp3) is 0.158. The summed E-state index contributed by atoms with van der Waals surface area (Å²) in [5.74, 6) is 0.942. The third kappa shape index (κ3) is 2.86. The molecule has 0 spiro atoms. The largest absolute Gasteiger partial charge is 0.382 e. The number of anilines is 1. The Balaban J connectivity index is 1.65. The monoisotopic (exact) mass is 465 g/mol. The number of nitrogen functional groups attached to an aromatic ring is 1. The van der Waals surface area contributed by atoms with Crippen LogP contribution in [0.15, 0.2) is 52.4 Å². The highest BCUT2D eigenvalue weighted by atomic mass is 79.9. The van der Waals surface area contributed by atoms with Gasteiger partial charge < -0.3 is 10.3 Å². The molecule has 11 heteroatoms. The van der Waals surface area contributed by atoms with Gasteiger partial charge in [-0.25, -0.2) is 24.6 Å². The molecule has 0 amide bonds. The lowest BCUT2D eigenvalue weighted by molar-refractivity contribution is 0.660. The lowest BCUT2D eigenvalue weighted by Gasteiger charge is -2.13. The third-order valence-corrected chi connectivity index (χ3v) is 5.46. The third-order valence-electron chi connectivity index (χ3n) is 4.90. The van der Waals surface area contributed by atoms with Gasteiger partial charge in [-0.15, -0.1) is 0 Å². The summed E-state index contributed by atoms with van der Waals surface area (Å²) in [4.78, 5) is 30.7. The van der Waals surface area contributed by atoms with Crippen molar-refractivity contribution in [2.75, 3.05) is 5.73 Å². The number of halogens is 1. The Morgan fingerprint density at radius 1 is 1.10 bits per heavy atom. The lowest BCUT2D eigenvalue weighted by Crippen LogP contribution is -2.25. The summed E-state index contributed by atoms with van der Waals surface area (Å²) in [6.45, 7) is 0.511. The Morgan fingerprint density at radius 3 is 2.70 bits per heavy atom. The number of hydrogen-bond acceptors (Lipinski definition) is 7. The van der Waals surface area contributed by atoms with Gasteiger partial charge in [-0.1, -0.05) is 18.2 Å². The van der Waals surface area contributed by atoms with E-state index < -0.39 is 0 Å². The van der Waals surface area contributed by atoms with Crippen LogP contribution in [0.2, 0.25) is 0 Å². The lowest BCUT2D eigenvalue weighted by atomic mass is 10.2. The molecule has 0 aliphatic heterocycles. The highest BCUT2D eigenvalue weighted by Gasteiger charge is 2.19. The van der Waals surface area contributed by atoms with Crippen molar-refractivity contribution >= 4 is 43.9 Å². The van der Waals surface area contributed by atoms with Gasteiger partial charge >= 0.3 is 0 Å². The molecule has 4 aromatic heterocycles. The van der Waals surface area contributed by atoms with Crippen LogP contribution in [-0.4, -0.2) is 38.9 Å². The topological polar surface area (TPSA) is 122 Å². The predicted octanol–water partition coefficient (Wildman–Crippen LogP) is 1.85. The Hall–Kier alpha value is -3.60. The molecule has 0 atom stereocenters. The maximum Gasteiger partial charge on any atom is 0.270 e. The molecule has 2 N–H and O–H groups in total. The Labute approximate surface area is 178 Å². The predicted molar refractivity (Wildman–Crippen MR) is 115 cm³/mol. The zero-order valence-corrected chi connectivity index (χ0v) is 17.5. The van der Waals surface area contributed by atoms with Crippen LogP contribution < -0.4 is 11.3 Å². The molecular formula is C19H16BrN9O. The molecule has 5 rings (SSSR count). The first-order valence-electron chi connectivity index (χ1n) is 9.15. The van der Waals surface area contributed by atoms with Crippen molar-refractivity contribution in [3.05, 3.63) is 63.8 Å². The van der Waals surface area contributed by atoms with E-state index in [2.05, 4.69) is 36.0 Å². The van der Waals surface area contributed by atoms with Crippen LogP contribution in [0, 0.1) is 0 Å². The van der Waals surface area contributed by atoms with Gasteiger partial charge in [0.05, 0.1) is 12.0 Å². The Morgan fingerprint density at radius 2 is 1.90 bits per heavy atom. The molecule has 1 aromatic carbocycles. The standard InChI is InChI=1S/C19H16BrN9O/c1-27-17-13(15(20)26-27)19(30)29(11-5-3-2-4-6-11)12(25-17)7-8-28-10-24-14-16(21)22-9-23-18(14)28/h2-6,9-10H,7-8H2,1H3,(H2,21,22,23). The van der Waals surface area contributed by atoms with E-state index in [9.17, 15) is 4.79 Å². The summed E-state index contributed by atoms with van der Waals surface area (Å²) in [5.41, 5.74) is 8.16. The molecule has 30 heavy (non-hydrogen) atoms. The van der Waals surface area contributed by atoms with E-state index in [0.29, 0.717) is 51.4 Å². The van der Waals surface area contributed by atoms with E-state index >= 15 is 0 Å². The van der Waals surface area contributed by atoms with Crippen molar-refractivity contribution in [2.45, 2.75) is 13.0 Å². The molecule has 0 aliphatic rings. The smallest absolute Gasteiger partial charge is 0.270 e. The number of aryl methyl sites for hydroxylation is 3. The average Bonchev–Trinajstić information content (AvgIpc) is 3.28. The van der Waals surface area contributed by atoms with Gasteiger partial charge in [0.2, 0.25) is 0 Å². The molecule has 150 valence electrons. The number of aromatic nitrogens is 8. The molecule has 10 nitrogen and oxygen atoms in total. The van der Waals surface area contributed by atoms with Crippen LogP contribution in [0.1, 0.15) is 5.82 Å². The summed E-state index contributed by atoms with van der Waals surface area (Å²) in [5, 5.41) is 4.74. The van der Waals surface area contributed by atoms with Gasteiger partial charge in [-0.3, -0.25) is 9.36 Å². The first-order chi connectivity index (χ1) is 14.5. The van der Waals surface area contributed by atoms with Crippen molar-refractivity contribution in [2.24, 2.45) is 7.05 Å². The normalized spacial score (nSPS) is 11.5. The number of nitrogens with two attached hydrogens (primary N) is 1. The molecule has 4 heterocycles. The molecule has 0 radical (unpaired) electrons. The van der Waals surface area contributed by atoms with E-state index in [1.165, 1.54) is 6.33 Å². The maximum absolute atomic E-state index is 13.4. The van der Waals surface area contributed by atoms with Gasteiger partial charge in [0.1, 0.15) is 27.7 Å². The first kappa shape index (κ1) is 18.4. The van der Waals surface area contributed by atoms with Crippen molar-refractivity contribution in [1.29, 1.82) is 0 Å². The van der Waals surface area contributed by atoms with E-state index in [0.717, 1.165) is 5.69 Å². The molecule has 0 bridgehead atoms. The number of hydrogen-bond donors (Lipinski definition) is 1. The molecule has 0 fully saturated rings. The number of para-hydroxylation sites is 1. The number of benzene rings is 1. The number of imidazole rings is 1. The van der Waals surface area contributed by atoms with Crippen molar-refractivity contribution in [1.82, 2.24) is 38.9 Å². The highest BCUT2D eigenvalue weighted by Crippen LogP contribution is 2.21. The fourth-order valence-corrected chi connectivity index (χ4v) is 4.08. The Bertz CT molecular complexity index is 1450. The summed E-state index contributed by atoms with van der Waals surface area (Å²) < 4.78 is 5.57. The van der Waals surface area contributed by atoms with E-state index in [1.807, 2.05) is 34.9 Å². The van der Waals surface area contributed by atoms with Crippen molar-refractivity contribution in [3.63, 3.8) is 0 Å². The van der Waals surface area contributed by atoms with Gasteiger partial charge in [0.15, 0.2) is 17.1 Å². The van der Waals surface area contributed by atoms with Gasteiger partial charge in [-0.2, -0.15) is 5.10 Å². The highest BCUT2D eigenvalue weighted by molar-refractivity contribution is 9.10. The van der Waals surface area contributed by atoms with Crippen LogP contribution in [0.25, 0.3) is 27.9 Å². The van der Waals surface area contributed by atoms with Crippen molar-refractivity contribution in [3.8, 4) is 5.69 Å². The van der Waals surface area contributed by atoms with Crippen LogP contribution >= 0.6 is 15.9 Å². The summed E-state index contributed by atoms with van der Waals surface area (Å²) in [6, 6.07) is 9.43. The number of nitrogens with zero attached hydrogens (tertiary/aromatic N) is 8. The zero-order chi connectivity index (χ0) is 20.8. The summed E-state index contributed by atoms with van der Waals surface area (Å²) in [7, 11) is 1.76. The van der Waals surface area contributed by atoms with Crippen LogP contribution in [-0.2, 0) is 20.0 Å². The van der Waals surface area contributed by atoms with Crippen LogP contribution in [0.3, 0.4) is 0 Å². The molecule has 5 aromatic rings. The van der Waals surface area contributed by atoms with Crippen LogP contribution in [0.5, 0.6) is 0 Å². The second kappa shape index (κ2) is 7.02. The van der Waals surface area contributed by atoms with Crippen LogP contribution in [0.4, 0.5) is 5.82 Å². The van der Waals surface area contributed by atoms with Crippen molar-refractivity contribution < 1.29 is 0 Å². The van der Waals surface area contributed by atoms with Gasteiger partial charge in [0.25, 0.3) is 5.56 Å². The molecule has 0 saturated carbocycles. The first-order valence-corrected chi connectivity index (χ1v) is 9.94. The fourth-order valence-electron chi connectivity index (χ4n) is 3.49. The molecule has 0 aliphatic carbocycles. The summed E-state index contributed by atoms with van der Waals surface area (Å²) >= 11 is 3.38. The maximum atomic E-state index is 13.4. The second-order valence-corrected chi connectivity index (χ2v) is 7.49. The number of fused-ring (bicyclic) bond motifs is 2. The SMILES string of the molecule is Cn1nc(Br)c2c(=O)n(-c3ccccc3)c(CCn3cnc4c(N)ncnc43)nc21. The van der Waals surface area contributed by atoms with Gasteiger partial charge in [0, 0.05) is 20.0 Å². The quantitative estimate of drug-likeness (QED) is 0.429. The molecular weight excluding hydrogens is 450 g/mol. The Kier molecular flexibility index (Phi) is 4.31. The second-order valence-electron chi connectivity index (χ2n) is 6.74. The van der Waals surface area contributed by atoms with E-state index in [-0.39, 0.29) is 5.56 Å².